The van der Waals surface area contributed by atoms with Crippen LogP contribution in [0.15, 0.2) is 28.7 Å². The van der Waals surface area contributed by atoms with Gasteiger partial charge in [0, 0.05) is 44.4 Å². The standard InChI is InChI=1S/C34H46F2N2O6/c1-42-16-5-17-43-34(41)29-20-25-18-21(8-13-28(25)44-29)19-27(39)31-26(22-6-3-2-4-7-22)14-15-38(31)33(40)24-11-9-23(10-12-24)30(37)32(35)36/h8,13,18,20,22-24,26,30-32H,2-7,9-12,14-17,19,37H2,1H3/t23?,24?,26-,30-,31-/m0/s1. The highest BCUT2D eigenvalue weighted by molar-refractivity contribution is 5.94. The maximum Gasteiger partial charge on any atom is 0.374 e. The van der Waals surface area contributed by atoms with Crippen LogP contribution in [0.2, 0.25) is 0 Å². The summed E-state index contributed by atoms with van der Waals surface area (Å²) in [6.07, 6.45) is 6.77. The van der Waals surface area contributed by atoms with Gasteiger partial charge in [-0.2, -0.15) is 0 Å². The highest BCUT2D eigenvalue weighted by atomic mass is 19.3. The molecule has 1 aromatic carbocycles. The number of nitrogens with two attached hydrogens (primary N) is 1. The normalized spacial score (nSPS) is 25.4. The van der Waals surface area contributed by atoms with E-state index in [4.69, 9.17) is 19.6 Å². The van der Waals surface area contributed by atoms with Crippen LogP contribution in [0, 0.1) is 23.7 Å². The molecule has 44 heavy (non-hydrogen) atoms. The lowest BCUT2D eigenvalue weighted by Crippen LogP contribution is -2.49. The van der Waals surface area contributed by atoms with Crippen LogP contribution in [0.1, 0.15) is 86.7 Å². The van der Waals surface area contributed by atoms with E-state index in [0.717, 1.165) is 37.7 Å². The quantitative estimate of drug-likeness (QED) is 0.232. The van der Waals surface area contributed by atoms with Gasteiger partial charge in [0.15, 0.2) is 5.78 Å². The summed E-state index contributed by atoms with van der Waals surface area (Å²) in [7, 11) is 1.59. The molecule has 3 fully saturated rings. The molecule has 2 saturated carbocycles. The van der Waals surface area contributed by atoms with Gasteiger partial charge in [-0.05, 0) is 73.6 Å². The van der Waals surface area contributed by atoms with Crippen molar-refractivity contribution in [2.75, 3.05) is 26.9 Å². The van der Waals surface area contributed by atoms with Gasteiger partial charge in [0.1, 0.15) is 5.58 Å². The molecule has 1 amide bonds. The Hall–Kier alpha value is -2.85. The molecule has 0 radical (unpaired) electrons. The molecule has 0 unspecified atom stereocenters. The number of ketones is 1. The molecular weight excluding hydrogens is 570 g/mol. The van der Waals surface area contributed by atoms with Gasteiger partial charge >= 0.3 is 5.97 Å². The third kappa shape index (κ3) is 7.50. The van der Waals surface area contributed by atoms with Gasteiger partial charge in [0.25, 0.3) is 6.43 Å². The van der Waals surface area contributed by atoms with Gasteiger partial charge in [-0.15, -0.1) is 0 Å². The van der Waals surface area contributed by atoms with E-state index in [1.807, 2.05) is 17.0 Å². The van der Waals surface area contributed by atoms with E-state index in [0.29, 0.717) is 62.1 Å². The second-order valence-corrected chi connectivity index (χ2v) is 13.0. The average Bonchev–Trinajstić information content (AvgIpc) is 3.68. The predicted molar refractivity (Wildman–Crippen MR) is 161 cm³/mol. The number of rotatable bonds is 12. The number of halogens is 2. The Labute approximate surface area is 258 Å². The third-order valence-electron chi connectivity index (χ3n) is 10.2. The summed E-state index contributed by atoms with van der Waals surface area (Å²) >= 11 is 0. The van der Waals surface area contributed by atoms with E-state index in [2.05, 4.69) is 0 Å². The molecule has 2 aliphatic carbocycles. The smallest absolute Gasteiger partial charge is 0.374 e. The molecule has 242 valence electrons. The number of hydrogen-bond acceptors (Lipinski definition) is 7. The second kappa shape index (κ2) is 15.0. The molecular formula is C34H46F2N2O6. The van der Waals surface area contributed by atoms with Crippen molar-refractivity contribution in [1.82, 2.24) is 4.90 Å². The Morgan fingerprint density at radius 3 is 2.45 bits per heavy atom. The SMILES string of the molecule is COCCCOC(=O)c1cc2cc(CC(=O)[C@@H]3[C@H](C4CCCCC4)CCN3C(=O)C3CCC([C@H](N)C(F)F)CC3)ccc2o1. The van der Waals surface area contributed by atoms with Crippen LogP contribution in [0.3, 0.4) is 0 Å². The Balaban J connectivity index is 1.29. The van der Waals surface area contributed by atoms with Gasteiger partial charge < -0.3 is 24.5 Å². The average molecular weight is 617 g/mol. The first-order valence-corrected chi connectivity index (χ1v) is 16.3. The fraction of sp³-hybridized carbons (Fsp3) is 0.676. The molecule has 10 heteroatoms. The van der Waals surface area contributed by atoms with Gasteiger partial charge in [0.2, 0.25) is 11.7 Å². The van der Waals surface area contributed by atoms with E-state index in [1.54, 1.807) is 19.2 Å². The lowest BCUT2D eigenvalue weighted by Gasteiger charge is -2.37. The molecule has 2 heterocycles. The topological polar surface area (TPSA) is 112 Å². The molecule has 1 aliphatic heterocycles. The number of hydrogen-bond donors (Lipinski definition) is 1. The minimum atomic E-state index is -2.56. The lowest BCUT2D eigenvalue weighted by atomic mass is 9.75. The number of carbonyl (C=O) groups excluding carboxylic acids is 3. The summed E-state index contributed by atoms with van der Waals surface area (Å²) in [6, 6.07) is 5.46. The van der Waals surface area contributed by atoms with E-state index in [-0.39, 0.29) is 48.2 Å². The molecule has 2 N–H and O–H groups in total. The maximum absolute atomic E-state index is 14.1. The Morgan fingerprint density at radius 1 is 1.00 bits per heavy atom. The molecule has 1 saturated heterocycles. The molecule has 3 atom stereocenters. The van der Waals surface area contributed by atoms with Crippen LogP contribution in [-0.4, -0.2) is 67.9 Å². The highest BCUT2D eigenvalue weighted by Gasteiger charge is 2.46. The maximum atomic E-state index is 14.1. The van der Waals surface area contributed by atoms with Crippen LogP contribution in [0.4, 0.5) is 8.78 Å². The van der Waals surface area contributed by atoms with Gasteiger partial charge in [-0.25, -0.2) is 13.6 Å². The van der Waals surface area contributed by atoms with Crippen molar-refractivity contribution in [2.45, 2.75) is 95.6 Å². The molecule has 8 nitrogen and oxygen atoms in total. The number of nitrogens with zero attached hydrogens (tertiary/aromatic N) is 1. The van der Waals surface area contributed by atoms with Crippen molar-refractivity contribution in [3.8, 4) is 0 Å². The predicted octanol–water partition coefficient (Wildman–Crippen LogP) is 5.93. The summed E-state index contributed by atoms with van der Waals surface area (Å²) in [6.45, 7) is 1.28. The minimum absolute atomic E-state index is 0.00957. The largest absolute Gasteiger partial charge is 0.460 e. The van der Waals surface area contributed by atoms with Crippen molar-refractivity contribution in [2.24, 2.45) is 29.4 Å². The van der Waals surface area contributed by atoms with Crippen LogP contribution in [-0.2, 0) is 25.5 Å². The minimum Gasteiger partial charge on any atom is -0.460 e. The first-order valence-electron chi connectivity index (χ1n) is 16.3. The Bertz CT molecular complexity index is 1280. The van der Waals surface area contributed by atoms with Crippen LogP contribution >= 0.6 is 0 Å². The zero-order valence-electron chi connectivity index (χ0n) is 25.7. The lowest BCUT2D eigenvalue weighted by molar-refractivity contribution is -0.143. The van der Waals surface area contributed by atoms with Crippen molar-refractivity contribution in [3.05, 3.63) is 35.6 Å². The monoisotopic (exact) mass is 616 g/mol. The first-order chi connectivity index (χ1) is 21.3. The number of fused-ring (bicyclic) bond motifs is 1. The van der Waals surface area contributed by atoms with Crippen LogP contribution in [0.5, 0.6) is 0 Å². The summed E-state index contributed by atoms with van der Waals surface area (Å²) in [5, 5.41) is 0.709. The van der Waals surface area contributed by atoms with Crippen LogP contribution in [0.25, 0.3) is 11.0 Å². The number of likely N-dealkylation sites (tertiary alicyclic amines) is 1. The molecule has 3 aliphatic rings. The highest BCUT2D eigenvalue weighted by Crippen LogP contribution is 2.42. The molecule has 0 spiro atoms. The fourth-order valence-electron chi connectivity index (χ4n) is 7.77. The summed E-state index contributed by atoms with van der Waals surface area (Å²) in [5.74, 6) is -0.403. The fourth-order valence-corrected chi connectivity index (χ4v) is 7.77. The second-order valence-electron chi connectivity index (χ2n) is 13.0. The molecule has 0 bridgehead atoms. The summed E-state index contributed by atoms with van der Waals surface area (Å²) < 4.78 is 42.3. The van der Waals surface area contributed by atoms with Crippen molar-refractivity contribution in [1.29, 1.82) is 0 Å². The molecule has 2 aromatic rings. The number of benzene rings is 1. The van der Waals surface area contributed by atoms with E-state index < -0.39 is 24.5 Å². The number of methoxy groups -OCH3 is 1. The Morgan fingerprint density at radius 2 is 1.75 bits per heavy atom. The number of carbonyl (C=O) groups is 3. The zero-order chi connectivity index (χ0) is 31.2. The number of ether oxygens (including phenoxy) is 2. The summed E-state index contributed by atoms with van der Waals surface area (Å²) in [5.41, 5.74) is 7.06. The van der Waals surface area contributed by atoms with Crippen molar-refractivity contribution >= 4 is 28.6 Å². The van der Waals surface area contributed by atoms with Crippen molar-refractivity contribution < 1.29 is 37.1 Å². The van der Waals surface area contributed by atoms with Gasteiger partial charge in [0.05, 0.1) is 18.7 Å². The van der Waals surface area contributed by atoms with Gasteiger partial charge in [-0.1, -0.05) is 38.2 Å². The van der Waals surface area contributed by atoms with E-state index in [9.17, 15) is 23.2 Å². The number of esters is 1. The summed E-state index contributed by atoms with van der Waals surface area (Å²) in [4.78, 5) is 42.2. The number of furan rings is 1. The molecule has 5 rings (SSSR count). The van der Waals surface area contributed by atoms with E-state index in [1.165, 1.54) is 6.42 Å². The van der Waals surface area contributed by atoms with E-state index >= 15 is 0 Å². The Kier molecular flexibility index (Phi) is 11.1. The number of alkyl halides is 2. The van der Waals surface area contributed by atoms with Crippen LogP contribution < -0.4 is 5.73 Å². The van der Waals surface area contributed by atoms with Crippen molar-refractivity contribution in [3.63, 3.8) is 0 Å². The number of Topliss-reactive ketones (excluding diaryl/α,β-unsaturated/α-hetero) is 1. The first kappa shape index (κ1) is 32.5. The molecule has 1 aromatic heterocycles. The number of amides is 1. The third-order valence-corrected chi connectivity index (χ3v) is 10.2. The zero-order valence-corrected chi connectivity index (χ0v) is 25.7. The van der Waals surface area contributed by atoms with Gasteiger partial charge in [-0.3, -0.25) is 9.59 Å².